The highest BCUT2D eigenvalue weighted by Crippen LogP contribution is 2.17. The van der Waals surface area contributed by atoms with E-state index in [0.29, 0.717) is 5.75 Å². The summed E-state index contributed by atoms with van der Waals surface area (Å²) in [6.07, 6.45) is 0. The van der Waals surface area contributed by atoms with E-state index in [2.05, 4.69) is 21.2 Å². The number of para-hydroxylation sites is 1. The lowest BCUT2D eigenvalue weighted by Crippen LogP contribution is -2.15. The van der Waals surface area contributed by atoms with Crippen molar-refractivity contribution in [1.82, 2.24) is 0 Å². The van der Waals surface area contributed by atoms with E-state index in [0.717, 1.165) is 15.8 Å². The van der Waals surface area contributed by atoms with Gasteiger partial charge in [-0.15, -0.1) is 11.8 Å². The van der Waals surface area contributed by atoms with Gasteiger partial charge < -0.3 is 5.32 Å². The number of amides is 1. The van der Waals surface area contributed by atoms with Crippen LogP contribution in [0.25, 0.3) is 0 Å². The van der Waals surface area contributed by atoms with Crippen LogP contribution in [0.15, 0.2) is 53.0 Å². The van der Waals surface area contributed by atoms with Gasteiger partial charge in [-0.3, -0.25) is 4.79 Å². The molecule has 2 rings (SSSR count). The van der Waals surface area contributed by atoms with E-state index in [1.165, 1.54) is 17.8 Å². The largest absolute Gasteiger partial charge is 0.323 e. The van der Waals surface area contributed by atoms with Gasteiger partial charge in [-0.2, -0.15) is 0 Å². The van der Waals surface area contributed by atoms with E-state index in [4.69, 9.17) is 0 Å². The van der Waals surface area contributed by atoms with Crippen LogP contribution in [0.3, 0.4) is 0 Å². The fourth-order valence-electron chi connectivity index (χ4n) is 1.59. The Morgan fingerprint density at radius 3 is 2.55 bits per heavy atom. The molecule has 0 bridgehead atoms. The monoisotopic (exact) mass is 353 g/mol. The lowest BCUT2D eigenvalue weighted by molar-refractivity contribution is -0.113. The van der Waals surface area contributed by atoms with E-state index in [-0.39, 0.29) is 11.6 Å². The van der Waals surface area contributed by atoms with E-state index < -0.39 is 5.82 Å². The lowest BCUT2D eigenvalue weighted by atomic mass is 10.2. The molecule has 0 saturated carbocycles. The maximum atomic E-state index is 13.3. The van der Waals surface area contributed by atoms with Crippen molar-refractivity contribution < 1.29 is 9.18 Å². The minimum Gasteiger partial charge on any atom is -0.323 e. The molecule has 0 unspecified atom stereocenters. The number of carbonyl (C=O) groups is 1. The Hall–Kier alpha value is -1.33. The number of carbonyl (C=O) groups excluding carboxylic acids is 1. The van der Waals surface area contributed by atoms with Gasteiger partial charge in [0, 0.05) is 10.2 Å². The second kappa shape index (κ2) is 7.45. The molecule has 5 heteroatoms. The third-order valence-corrected chi connectivity index (χ3v) is 4.10. The molecule has 0 atom stereocenters. The molecule has 0 saturated heterocycles. The molecule has 2 aromatic carbocycles. The molecule has 20 heavy (non-hydrogen) atoms. The molecule has 0 heterocycles. The highest BCUT2D eigenvalue weighted by Gasteiger charge is 2.06. The Labute approximate surface area is 129 Å². The fraction of sp³-hybridized carbons (Fsp3) is 0.133. The SMILES string of the molecule is O=C(CSCc1ccc(Br)cc1)Nc1ccccc1F. The van der Waals surface area contributed by atoms with Crippen molar-refractivity contribution in [2.24, 2.45) is 0 Å². The number of thioether (sulfide) groups is 1. The van der Waals surface area contributed by atoms with E-state index >= 15 is 0 Å². The highest BCUT2D eigenvalue weighted by molar-refractivity contribution is 9.10. The Morgan fingerprint density at radius 1 is 1.15 bits per heavy atom. The predicted octanol–water partition coefficient (Wildman–Crippen LogP) is 4.46. The Bertz CT molecular complexity index is 589. The molecule has 0 aromatic heterocycles. The van der Waals surface area contributed by atoms with Crippen LogP contribution >= 0.6 is 27.7 Å². The predicted molar refractivity (Wildman–Crippen MR) is 85.3 cm³/mol. The van der Waals surface area contributed by atoms with Gasteiger partial charge >= 0.3 is 0 Å². The number of hydrogen-bond acceptors (Lipinski definition) is 2. The molecule has 1 amide bonds. The van der Waals surface area contributed by atoms with Crippen LogP contribution in [0.5, 0.6) is 0 Å². The molecule has 0 spiro atoms. The quantitative estimate of drug-likeness (QED) is 0.859. The Kier molecular flexibility index (Phi) is 5.61. The zero-order valence-corrected chi connectivity index (χ0v) is 13.0. The topological polar surface area (TPSA) is 29.1 Å². The molecule has 104 valence electrons. The lowest BCUT2D eigenvalue weighted by Gasteiger charge is -2.06. The number of nitrogens with one attached hydrogen (secondary N) is 1. The van der Waals surface area contributed by atoms with Crippen LogP contribution in [-0.4, -0.2) is 11.7 Å². The number of benzene rings is 2. The molecule has 0 aliphatic carbocycles. The van der Waals surface area contributed by atoms with Crippen molar-refractivity contribution in [1.29, 1.82) is 0 Å². The summed E-state index contributed by atoms with van der Waals surface area (Å²) in [5, 5.41) is 2.56. The molecule has 0 aliphatic heterocycles. The smallest absolute Gasteiger partial charge is 0.234 e. The summed E-state index contributed by atoms with van der Waals surface area (Å²) >= 11 is 4.87. The Morgan fingerprint density at radius 2 is 1.85 bits per heavy atom. The summed E-state index contributed by atoms with van der Waals surface area (Å²) in [5.41, 5.74) is 1.37. The van der Waals surface area contributed by atoms with Crippen LogP contribution in [0.4, 0.5) is 10.1 Å². The van der Waals surface area contributed by atoms with Crippen molar-refractivity contribution >= 4 is 39.3 Å². The average Bonchev–Trinajstić information content (AvgIpc) is 2.44. The third kappa shape index (κ3) is 4.65. The fourth-order valence-corrected chi connectivity index (χ4v) is 2.64. The Balaban J connectivity index is 1.78. The summed E-state index contributed by atoms with van der Waals surface area (Å²) in [5.74, 6) is 0.429. The summed E-state index contributed by atoms with van der Waals surface area (Å²) in [6.45, 7) is 0. The maximum Gasteiger partial charge on any atom is 0.234 e. The summed E-state index contributed by atoms with van der Waals surface area (Å²) in [6, 6.07) is 14.1. The average molecular weight is 354 g/mol. The van der Waals surface area contributed by atoms with Crippen LogP contribution in [-0.2, 0) is 10.5 Å². The first-order chi connectivity index (χ1) is 9.65. The first kappa shape index (κ1) is 15.1. The second-order valence-electron chi connectivity index (χ2n) is 4.15. The number of hydrogen-bond donors (Lipinski definition) is 1. The van der Waals surface area contributed by atoms with Gasteiger partial charge in [-0.25, -0.2) is 4.39 Å². The van der Waals surface area contributed by atoms with Gasteiger partial charge in [-0.1, -0.05) is 40.2 Å². The zero-order valence-electron chi connectivity index (χ0n) is 10.6. The highest BCUT2D eigenvalue weighted by atomic mass is 79.9. The second-order valence-corrected chi connectivity index (χ2v) is 6.05. The zero-order chi connectivity index (χ0) is 14.4. The van der Waals surface area contributed by atoms with Gasteiger partial charge in [0.15, 0.2) is 0 Å². The van der Waals surface area contributed by atoms with E-state index in [1.54, 1.807) is 18.2 Å². The van der Waals surface area contributed by atoms with Crippen LogP contribution in [0.1, 0.15) is 5.56 Å². The summed E-state index contributed by atoms with van der Waals surface area (Å²) in [4.78, 5) is 11.7. The number of rotatable bonds is 5. The summed E-state index contributed by atoms with van der Waals surface area (Å²) in [7, 11) is 0. The first-order valence-corrected chi connectivity index (χ1v) is 7.96. The van der Waals surface area contributed by atoms with Crippen molar-refractivity contribution in [3.63, 3.8) is 0 Å². The molecule has 2 aromatic rings. The number of anilines is 1. The van der Waals surface area contributed by atoms with Crippen LogP contribution in [0, 0.1) is 5.82 Å². The standard InChI is InChI=1S/C15H13BrFNOS/c16-12-7-5-11(6-8-12)9-20-10-15(19)18-14-4-2-1-3-13(14)17/h1-8H,9-10H2,(H,18,19). The van der Waals surface area contributed by atoms with Crippen molar-refractivity contribution in [2.45, 2.75) is 5.75 Å². The first-order valence-electron chi connectivity index (χ1n) is 6.02. The molecule has 1 N–H and O–H groups in total. The van der Waals surface area contributed by atoms with Crippen molar-refractivity contribution in [3.8, 4) is 0 Å². The molecule has 0 aliphatic rings. The van der Waals surface area contributed by atoms with Gasteiger partial charge in [0.2, 0.25) is 5.91 Å². The van der Waals surface area contributed by atoms with Crippen molar-refractivity contribution in [2.75, 3.05) is 11.1 Å². The van der Waals surface area contributed by atoms with Crippen LogP contribution < -0.4 is 5.32 Å². The van der Waals surface area contributed by atoms with Crippen molar-refractivity contribution in [3.05, 3.63) is 64.4 Å². The molecular weight excluding hydrogens is 341 g/mol. The maximum absolute atomic E-state index is 13.3. The van der Waals surface area contributed by atoms with Gasteiger partial charge in [0.05, 0.1) is 11.4 Å². The summed E-state index contributed by atoms with van der Waals surface area (Å²) < 4.78 is 14.4. The molecule has 0 fully saturated rings. The minimum atomic E-state index is -0.418. The van der Waals surface area contributed by atoms with Gasteiger partial charge in [0.1, 0.15) is 5.82 Å². The minimum absolute atomic E-state index is 0.197. The molecular formula is C15H13BrFNOS. The van der Waals surface area contributed by atoms with E-state index in [9.17, 15) is 9.18 Å². The number of halogens is 2. The van der Waals surface area contributed by atoms with E-state index in [1.807, 2.05) is 24.3 Å². The van der Waals surface area contributed by atoms with Crippen LogP contribution in [0.2, 0.25) is 0 Å². The normalized spacial score (nSPS) is 10.3. The van der Waals surface area contributed by atoms with Gasteiger partial charge in [0.25, 0.3) is 0 Å². The molecule has 2 nitrogen and oxygen atoms in total. The third-order valence-electron chi connectivity index (χ3n) is 2.56. The van der Waals surface area contributed by atoms with Gasteiger partial charge in [-0.05, 0) is 29.8 Å². The molecule has 0 radical (unpaired) electrons.